The fourth-order valence-electron chi connectivity index (χ4n) is 0.330. The van der Waals surface area contributed by atoms with Gasteiger partial charge in [-0.2, -0.15) is 13.2 Å². The lowest BCUT2D eigenvalue weighted by Crippen LogP contribution is -2.35. The van der Waals surface area contributed by atoms with E-state index in [4.69, 9.17) is 0 Å². The Morgan fingerprint density at radius 2 is 1.21 bits per heavy atom. The van der Waals surface area contributed by atoms with Gasteiger partial charge in [0.05, 0.1) is 0 Å². The molecule has 0 spiro atoms. The van der Waals surface area contributed by atoms with Crippen LogP contribution < -0.4 is 0 Å². The van der Waals surface area contributed by atoms with E-state index in [0.717, 1.165) is 0 Å². The van der Waals surface area contributed by atoms with Crippen molar-refractivity contribution in [2.45, 2.75) is 18.8 Å². The van der Waals surface area contributed by atoms with Gasteiger partial charge in [-0.25, -0.2) is 4.74 Å². The first-order valence-electron chi connectivity index (χ1n) is 2.77. The van der Waals surface area contributed by atoms with Crippen molar-refractivity contribution in [2.75, 3.05) is 6.61 Å². The van der Waals surface area contributed by atoms with Gasteiger partial charge < -0.3 is 0 Å². The van der Waals surface area contributed by atoms with Crippen molar-refractivity contribution in [2.24, 2.45) is 0 Å². The predicted molar refractivity (Wildman–Crippen MR) is 24.1 cm³/mol. The summed E-state index contributed by atoms with van der Waals surface area (Å²) in [6.07, 6.45) is -16.3. The zero-order valence-corrected chi connectivity index (χ0v) is 6.05. The number of halogens is 8. The van der Waals surface area contributed by atoms with Gasteiger partial charge in [-0.05, 0) is 0 Å². The van der Waals surface area contributed by atoms with Crippen molar-refractivity contribution < 1.29 is 44.6 Å². The maximum Gasteiger partial charge on any atom is 0.529 e. The maximum atomic E-state index is 11.8. The van der Waals surface area contributed by atoms with Gasteiger partial charge in [0.15, 0.2) is 6.61 Å². The van der Waals surface area contributed by atoms with E-state index >= 15 is 0 Å². The quantitative estimate of drug-likeness (QED) is 0.552. The zero-order chi connectivity index (χ0) is 11.6. The Hall–Kier alpha value is -0.640. The van der Waals surface area contributed by atoms with Gasteiger partial charge in [-0.3, -0.25) is 4.74 Å². The van der Waals surface area contributed by atoms with Crippen LogP contribution in [-0.2, 0) is 9.47 Å². The van der Waals surface area contributed by atoms with Gasteiger partial charge in [-0.15, -0.1) is 22.0 Å². The number of ether oxygens (including phenoxy) is 2. The summed E-state index contributed by atoms with van der Waals surface area (Å²) >= 11 is 0. The molecule has 0 atom stereocenters. The number of hydrogen-bond acceptors (Lipinski definition) is 2. The van der Waals surface area contributed by atoms with Crippen molar-refractivity contribution in [1.29, 1.82) is 0 Å². The molecule has 0 radical (unpaired) electrons. The number of rotatable bonds is 3. The lowest BCUT2D eigenvalue weighted by Gasteiger charge is -2.18. The van der Waals surface area contributed by atoms with Gasteiger partial charge in [-0.1, -0.05) is 0 Å². The Labute approximate surface area is 71.4 Å². The van der Waals surface area contributed by atoms with Crippen LogP contribution >= 0.6 is 0 Å². The van der Waals surface area contributed by atoms with Crippen LogP contribution in [0.1, 0.15) is 0 Å². The molecule has 2 nitrogen and oxygen atoms in total. The van der Waals surface area contributed by atoms with Gasteiger partial charge in [0.2, 0.25) is 0 Å². The largest absolute Gasteiger partial charge is 0.529 e. The van der Waals surface area contributed by atoms with Crippen LogP contribution in [0.15, 0.2) is 0 Å². The second-order valence-electron chi connectivity index (χ2n) is 1.92. The van der Waals surface area contributed by atoms with Crippen molar-refractivity contribution in [3.8, 4) is 0 Å². The molecule has 0 rings (SSSR count). The van der Waals surface area contributed by atoms with E-state index in [1.54, 1.807) is 0 Å². The third-order valence-electron chi connectivity index (χ3n) is 0.638. The molecule has 0 fully saturated rings. The fourth-order valence-corrected chi connectivity index (χ4v) is 0.330. The van der Waals surface area contributed by atoms with Crippen molar-refractivity contribution in [1.82, 2.24) is 0 Å². The highest BCUT2D eigenvalue weighted by Gasteiger charge is 2.48. The molecule has 86 valence electrons. The van der Waals surface area contributed by atoms with Crippen LogP contribution in [0.2, 0.25) is 0 Å². The first-order valence-corrected chi connectivity index (χ1v) is 2.77. The molecule has 0 saturated heterocycles. The van der Waals surface area contributed by atoms with Crippen LogP contribution in [0.25, 0.3) is 0 Å². The Kier molecular flexibility index (Phi) is 3.67. The fraction of sp³-hybridized carbons (Fsp3) is 1.00. The first-order chi connectivity index (χ1) is 5.91. The lowest BCUT2D eigenvalue weighted by molar-refractivity contribution is -0.503. The summed E-state index contributed by atoms with van der Waals surface area (Å²) in [5.74, 6) is 0. The molecule has 0 heterocycles. The molecule has 0 unspecified atom stereocenters. The molecule has 0 N–H and O–H groups in total. The molecular weight excluding hydrogens is 232 g/mol. The van der Waals surface area contributed by atoms with Crippen molar-refractivity contribution in [3.63, 3.8) is 0 Å². The molecule has 0 bridgehead atoms. The van der Waals surface area contributed by atoms with Crippen molar-refractivity contribution in [3.05, 3.63) is 0 Å². The Balaban J connectivity index is 4.09. The molecule has 14 heavy (non-hydrogen) atoms. The van der Waals surface area contributed by atoms with Gasteiger partial charge >= 0.3 is 18.8 Å². The summed E-state index contributed by atoms with van der Waals surface area (Å²) in [5.41, 5.74) is 0. The average molecular weight is 234 g/mol. The second-order valence-corrected chi connectivity index (χ2v) is 1.92. The minimum absolute atomic E-state index is 1.96. The van der Waals surface area contributed by atoms with E-state index in [1.807, 2.05) is 4.74 Å². The van der Waals surface area contributed by atoms with Gasteiger partial charge in [0.25, 0.3) is 0 Å². The third-order valence-corrected chi connectivity index (χ3v) is 0.638. The monoisotopic (exact) mass is 234 g/mol. The smallest absolute Gasteiger partial charge is 0.286 e. The molecule has 0 aliphatic rings. The van der Waals surface area contributed by atoms with Gasteiger partial charge in [0.1, 0.15) is 0 Å². The Morgan fingerprint density at radius 3 is 1.50 bits per heavy atom. The highest BCUT2D eigenvalue weighted by atomic mass is 19.4. The Morgan fingerprint density at radius 1 is 0.786 bits per heavy atom. The molecule has 0 amide bonds. The predicted octanol–water partition coefficient (Wildman–Crippen LogP) is 2.65. The minimum atomic E-state index is -5.78. The summed E-state index contributed by atoms with van der Waals surface area (Å²) in [5, 5.41) is 0. The highest BCUT2D eigenvalue weighted by molar-refractivity contribution is 4.47. The molecular formula is C4H2F8O2. The Bertz CT molecular complexity index is 181. The van der Waals surface area contributed by atoms with E-state index < -0.39 is 25.4 Å². The highest BCUT2D eigenvalue weighted by Crippen LogP contribution is 2.30. The van der Waals surface area contributed by atoms with Gasteiger partial charge in [0, 0.05) is 0 Å². The first kappa shape index (κ1) is 13.4. The SMILES string of the molecule is FC(F)(F)COC(F)(F)OC(F)(F)F. The van der Waals surface area contributed by atoms with E-state index in [0.29, 0.717) is 0 Å². The topological polar surface area (TPSA) is 18.5 Å². The van der Waals surface area contributed by atoms with E-state index in [9.17, 15) is 35.1 Å². The molecule has 0 aromatic carbocycles. The van der Waals surface area contributed by atoms with E-state index in [2.05, 4.69) is 4.74 Å². The van der Waals surface area contributed by atoms with Crippen LogP contribution in [-0.4, -0.2) is 25.4 Å². The maximum absolute atomic E-state index is 11.8. The normalized spacial score (nSPS) is 14.6. The molecule has 0 aromatic heterocycles. The lowest BCUT2D eigenvalue weighted by atomic mass is 10.7. The summed E-state index contributed by atoms with van der Waals surface area (Å²) in [4.78, 5) is 0. The third kappa shape index (κ3) is 7.98. The second kappa shape index (κ2) is 3.85. The number of alkyl halides is 8. The van der Waals surface area contributed by atoms with E-state index in [1.165, 1.54) is 0 Å². The molecule has 0 aliphatic heterocycles. The van der Waals surface area contributed by atoms with Crippen LogP contribution in [0.3, 0.4) is 0 Å². The zero-order valence-electron chi connectivity index (χ0n) is 6.05. The summed E-state index contributed by atoms with van der Waals surface area (Å²) in [6.45, 7) is -2.55. The molecule has 0 aliphatic carbocycles. The number of hydrogen-bond donors (Lipinski definition) is 0. The standard InChI is InChI=1S/C4H2F8O2/c5-2(6,7)1-13-4(11,12)14-3(8,9)10/h1H2. The molecule has 0 aromatic rings. The van der Waals surface area contributed by atoms with Crippen LogP contribution in [0.5, 0.6) is 0 Å². The molecule has 0 saturated carbocycles. The van der Waals surface area contributed by atoms with Crippen molar-refractivity contribution >= 4 is 0 Å². The minimum Gasteiger partial charge on any atom is -0.286 e. The summed E-state index contributed by atoms with van der Waals surface area (Å²) < 4.78 is 95.1. The summed E-state index contributed by atoms with van der Waals surface area (Å²) in [7, 11) is 0. The summed E-state index contributed by atoms with van der Waals surface area (Å²) in [6, 6.07) is 0. The average Bonchev–Trinajstić information content (AvgIpc) is 1.76. The van der Waals surface area contributed by atoms with Crippen LogP contribution in [0.4, 0.5) is 35.1 Å². The van der Waals surface area contributed by atoms with Crippen LogP contribution in [0, 0.1) is 0 Å². The van der Waals surface area contributed by atoms with E-state index in [-0.39, 0.29) is 0 Å². The molecule has 10 heteroatoms.